The summed E-state index contributed by atoms with van der Waals surface area (Å²) in [4.78, 5) is 16.3. The first-order valence-electron chi connectivity index (χ1n) is 8.40. The van der Waals surface area contributed by atoms with Gasteiger partial charge in [0.05, 0.1) is 0 Å². The van der Waals surface area contributed by atoms with Crippen LogP contribution in [0, 0.1) is 5.95 Å². The van der Waals surface area contributed by atoms with Crippen molar-refractivity contribution in [3.63, 3.8) is 0 Å². The van der Waals surface area contributed by atoms with Gasteiger partial charge in [0.2, 0.25) is 17.8 Å². The van der Waals surface area contributed by atoms with E-state index >= 15 is 0 Å². The maximum Gasteiger partial charge on any atom is 0.232 e. The van der Waals surface area contributed by atoms with E-state index < -0.39 is 17.9 Å². The van der Waals surface area contributed by atoms with Gasteiger partial charge in [-0.1, -0.05) is 0 Å². The molecule has 2 aromatic heterocycles. The minimum atomic E-state index is -1.14. The summed E-state index contributed by atoms with van der Waals surface area (Å²) < 4.78 is 27.6. The average Bonchev–Trinajstić information content (AvgIpc) is 2.56. The quantitative estimate of drug-likeness (QED) is 0.703. The monoisotopic (exact) mass is 362 g/mol. The highest BCUT2D eigenvalue weighted by molar-refractivity contribution is 5.66. The number of nitrogens with zero attached hydrogens (tertiary/aromatic N) is 4. The Balaban J connectivity index is 2.00. The SMILES string of the molecule is CC(C)Nc1nc(Nc2ccnc(F)c2)nc(C2=C(F)C(O)CCC2)n1. The van der Waals surface area contributed by atoms with Crippen molar-refractivity contribution in [2.75, 3.05) is 10.6 Å². The van der Waals surface area contributed by atoms with Crippen LogP contribution in [-0.2, 0) is 0 Å². The van der Waals surface area contributed by atoms with E-state index in [1.54, 1.807) is 6.07 Å². The van der Waals surface area contributed by atoms with E-state index in [1.807, 2.05) is 13.8 Å². The van der Waals surface area contributed by atoms with Crippen molar-refractivity contribution in [1.29, 1.82) is 0 Å². The van der Waals surface area contributed by atoms with Gasteiger partial charge in [-0.2, -0.15) is 19.3 Å². The molecule has 3 rings (SSSR count). The van der Waals surface area contributed by atoms with E-state index in [4.69, 9.17) is 0 Å². The number of allylic oxidation sites excluding steroid dienone is 1. The van der Waals surface area contributed by atoms with Crippen molar-refractivity contribution in [3.05, 3.63) is 35.9 Å². The fourth-order valence-electron chi connectivity index (χ4n) is 2.64. The fraction of sp³-hybridized carbons (Fsp3) is 0.412. The topological polar surface area (TPSA) is 95.9 Å². The number of halogens is 2. The Morgan fingerprint density at radius 2 is 1.96 bits per heavy atom. The summed E-state index contributed by atoms with van der Waals surface area (Å²) in [7, 11) is 0. The fourth-order valence-corrected chi connectivity index (χ4v) is 2.64. The third-order valence-electron chi connectivity index (χ3n) is 3.79. The van der Waals surface area contributed by atoms with Gasteiger partial charge in [-0.05, 0) is 39.2 Å². The standard InChI is InChI=1S/C17H20F2N6O/c1-9(2)21-16-23-15(11-4-3-5-12(26)14(11)19)24-17(25-16)22-10-6-7-20-13(18)8-10/h6-9,12,26H,3-5H2,1-2H3,(H2,20,21,22,23,24,25). The zero-order valence-electron chi connectivity index (χ0n) is 14.5. The molecular weight excluding hydrogens is 342 g/mol. The second-order valence-corrected chi connectivity index (χ2v) is 6.33. The van der Waals surface area contributed by atoms with Gasteiger partial charge in [-0.3, -0.25) is 0 Å². The Labute approximate surface area is 149 Å². The molecule has 7 nitrogen and oxygen atoms in total. The van der Waals surface area contributed by atoms with Crippen LogP contribution in [-0.4, -0.2) is 37.2 Å². The first kappa shape index (κ1) is 18.1. The van der Waals surface area contributed by atoms with Crippen LogP contribution in [0.4, 0.5) is 26.4 Å². The Kier molecular flexibility index (Phi) is 5.36. The number of hydrogen-bond donors (Lipinski definition) is 3. The number of aromatic nitrogens is 4. The molecule has 0 aliphatic heterocycles. The first-order valence-corrected chi connectivity index (χ1v) is 8.40. The van der Waals surface area contributed by atoms with E-state index in [2.05, 4.69) is 30.6 Å². The van der Waals surface area contributed by atoms with E-state index in [0.29, 0.717) is 24.9 Å². The zero-order valence-corrected chi connectivity index (χ0v) is 14.5. The summed E-state index contributed by atoms with van der Waals surface area (Å²) in [6.45, 7) is 3.83. The van der Waals surface area contributed by atoms with Crippen LogP contribution in [0.15, 0.2) is 24.2 Å². The summed E-state index contributed by atoms with van der Waals surface area (Å²) >= 11 is 0. The highest BCUT2D eigenvalue weighted by atomic mass is 19.1. The summed E-state index contributed by atoms with van der Waals surface area (Å²) in [6, 6.07) is 2.81. The molecular formula is C17H20F2N6O. The maximum atomic E-state index is 14.4. The van der Waals surface area contributed by atoms with Crippen molar-refractivity contribution >= 4 is 23.2 Å². The molecule has 0 saturated heterocycles. The molecule has 0 amide bonds. The Morgan fingerprint density at radius 1 is 1.19 bits per heavy atom. The number of pyridine rings is 1. The van der Waals surface area contributed by atoms with Crippen LogP contribution in [0.25, 0.3) is 5.57 Å². The van der Waals surface area contributed by atoms with Crippen LogP contribution in [0.2, 0.25) is 0 Å². The van der Waals surface area contributed by atoms with Crippen molar-refractivity contribution in [1.82, 2.24) is 19.9 Å². The maximum absolute atomic E-state index is 14.4. The van der Waals surface area contributed by atoms with Gasteiger partial charge < -0.3 is 15.7 Å². The molecule has 1 aliphatic carbocycles. The molecule has 138 valence electrons. The van der Waals surface area contributed by atoms with Gasteiger partial charge in [-0.15, -0.1) is 0 Å². The molecule has 0 saturated carbocycles. The normalized spacial score (nSPS) is 17.5. The first-order chi connectivity index (χ1) is 12.4. The minimum absolute atomic E-state index is 0.0484. The molecule has 3 N–H and O–H groups in total. The lowest BCUT2D eigenvalue weighted by atomic mass is 9.96. The van der Waals surface area contributed by atoms with Gasteiger partial charge in [0.25, 0.3) is 0 Å². The lowest BCUT2D eigenvalue weighted by molar-refractivity contribution is 0.165. The molecule has 1 unspecified atom stereocenters. The molecule has 1 aliphatic rings. The van der Waals surface area contributed by atoms with Crippen molar-refractivity contribution in [2.24, 2.45) is 0 Å². The van der Waals surface area contributed by atoms with Gasteiger partial charge in [0.1, 0.15) is 11.9 Å². The number of aliphatic hydroxyl groups is 1. The van der Waals surface area contributed by atoms with Gasteiger partial charge >= 0.3 is 0 Å². The predicted molar refractivity (Wildman–Crippen MR) is 93.9 cm³/mol. The number of rotatable bonds is 5. The number of nitrogens with one attached hydrogen (secondary N) is 2. The van der Waals surface area contributed by atoms with Crippen molar-refractivity contribution in [2.45, 2.75) is 45.3 Å². The smallest absolute Gasteiger partial charge is 0.232 e. The van der Waals surface area contributed by atoms with Gasteiger partial charge in [-0.25, -0.2) is 9.37 Å². The molecule has 26 heavy (non-hydrogen) atoms. The second kappa shape index (κ2) is 7.69. The van der Waals surface area contributed by atoms with Gasteiger partial charge in [0.15, 0.2) is 5.82 Å². The molecule has 2 heterocycles. The van der Waals surface area contributed by atoms with Crippen molar-refractivity contribution < 1.29 is 13.9 Å². The number of aliphatic hydroxyl groups excluding tert-OH is 1. The van der Waals surface area contributed by atoms with Crippen LogP contribution in [0.1, 0.15) is 38.9 Å². The average molecular weight is 362 g/mol. The minimum Gasteiger partial charge on any atom is -0.386 e. The summed E-state index contributed by atoms with van der Waals surface area (Å²) in [5.74, 6) is -0.698. The molecule has 2 aromatic rings. The van der Waals surface area contributed by atoms with Crippen LogP contribution in [0.5, 0.6) is 0 Å². The molecule has 0 fully saturated rings. The Bertz CT molecular complexity index is 827. The van der Waals surface area contributed by atoms with Crippen molar-refractivity contribution in [3.8, 4) is 0 Å². The van der Waals surface area contributed by atoms with E-state index in [0.717, 1.165) is 0 Å². The second-order valence-electron chi connectivity index (χ2n) is 6.33. The molecule has 1 atom stereocenters. The highest BCUT2D eigenvalue weighted by Crippen LogP contribution is 2.32. The van der Waals surface area contributed by atoms with Crippen LogP contribution < -0.4 is 10.6 Å². The lowest BCUT2D eigenvalue weighted by Gasteiger charge is -2.19. The summed E-state index contributed by atoms with van der Waals surface area (Å²) in [6.07, 6.45) is 1.62. The van der Waals surface area contributed by atoms with E-state index in [-0.39, 0.29) is 29.3 Å². The summed E-state index contributed by atoms with van der Waals surface area (Å²) in [5, 5.41) is 15.7. The van der Waals surface area contributed by atoms with E-state index in [9.17, 15) is 13.9 Å². The Hall–Kier alpha value is -2.68. The molecule has 0 radical (unpaired) electrons. The number of anilines is 3. The summed E-state index contributed by atoms with van der Waals surface area (Å²) in [5.41, 5.74) is 0.671. The Morgan fingerprint density at radius 3 is 2.69 bits per heavy atom. The molecule has 0 aromatic carbocycles. The van der Waals surface area contributed by atoms with Crippen LogP contribution >= 0.6 is 0 Å². The predicted octanol–water partition coefficient (Wildman–Crippen LogP) is 3.20. The zero-order chi connectivity index (χ0) is 18.7. The largest absolute Gasteiger partial charge is 0.386 e. The van der Waals surface area contributed by atoms with E-state index in [1.165, 1.54) is 12.3 Å². The molecule has 0 spiro atoms. The lowest BCUT2D eigenvalue weighted by Crippen LogP contribution is -2.18. The third kappa shape index (κ3) is 4.29. The highest BCUT2D eigenvalue weighted by Gasteiger charge is 2.25. The van der Waals surface area contributed by atoms with Crippen LogP contribution in [0.3, 0.4) is 0 Å². The third-order valence-corrected chi connectivity index (χ3v) is 3.79. The van der Waals surface area contributed by atoms with Gasteiger partial charge in [0, 0.05) is 29.6 Å². The number of hydrogen-bond acceptors (Lipinski definition) is 7. The molecule has 9 heteroatoms. The molecule has 0 bridgehead atoms.